The molecule has 0 aliphatic heterocycles. The molecule has 0 N–H and O–H groups in total. The van der Waals surface area contributed by atoms with Crippen LogP contribution >= 0.6 is 0 Å². The molecule has 0 aliphatic carbocycles. The largest absolute Gasteiger partial charge is 0.206 e. The van der Waals surface area contributed by atoms with Gasteiger partial charge in [-0.1, -0.05) is 80.9 Å². The van der Waals surface area contributed by atoms with Gasteiger partial charge in [-0.3, -0.25) is 0 Å². The molecule has 0 aliphatic rings. The smallest absolute Gasteiger partial charge is 0.131 e. The van der Waals surface area contributed by atoms with Crippen LogP contribution in [-0.4, -0.2) is 0 Å². The number of unbranched alkanes of at least 4 members (excludes halogenated alkanes) is 1. The minimum Gasteiger partial charge on any atom is -0.206 e. The Morgan fingerprint density at radius 3 is 1.74 bits per heavy atom. The van der Waals surface area contributed by atoms with Crippen molar-refractivity contribution in [3.05, 3.63) is 94.8 Å². The molecule has 0 aromatic heterocycles. The summed E-state index contributed by atoms with van der Waals surface area (Å²) in [5, 5.41) is 0. The van der Waals surface area contributed by atoms with E-state index in [-0.39, 0.29) is 5.82 Å². The maximum absolute atomic E-state index is 14.5. The van der Waals surface area contributed by atoms with E-state index < -0.39 is 0 Å². The van der Waals surface area contributed by atoms with E-state index in [1.807, 2.05) is 18.2 Å². The lowest BCUT2D eigenvalue weighted by molar-refractivity contribution is 0.627. The minimum atomic E-state index is -0.118. The first-order valence-electron chi connectivity index (χ1n) is 10.1. The highest BCUT2D eigenvalue weighted by Crippen LogP contribution is 2.25. The number of halogens is 1. The third-order valence-electron chi connectivity index (χ3n) is 5.25. The minimum absolute atomic E-state index is 0.118. The van der Waals surface area contributed by atoms with Crippen LogP contribution in [0.15, 0.2) is 66.7 Å². The Kier molecular flexibility index (Phi) is 6.81. The average Bonchev–Trinajstić information content (AvgIpc) is 2.71. The van der Waals surface area contributed by atoms with Gasteiger partial charge in [-0.25, -0.2) is 4.39 Å². The van der Waals surface area contributed by atoms with Crippen molar-refractivity contribution in [3.63, 3.8) is 0 Å². The van der Waals surface area contributed by atoms with Crippen molar-refractivity contribution in [1.82, 2.24) is 0 Å². The summed E-state index contributed by atoms with van der Waals surface area (Å²) in [7, 11) is 0. The summed E-state index contributed by atoms with van der Waals surface area (Å²) in [6.07, 6.45) is 6.31. The molecular formula is C26H29F. The molecule has 0 atom stereocenters. The van der Waals surface area contributed by atoms with Crippen LogP contribution < -0.4 is 0 Å². The first-order chi connectivity index (χ1) is 13.2. The zero-order valence-corrected chi connectivity index (χ0v) is 16.5. The van der Waals surface area contributed by atoms with Crippen LogP contribution in [-0.2, 0) is 25.7 Å². The van der Waals surface area contributed by atoms with Crippen LogP contribution in [0.3, 0.4) is 0 Å². The third-order valence-corrected chi connectivity index (χ3v) is 5.25. The van der Waals surface area contributed by atoms with Crippen molar-refractivity contribution in [3.8, 4) is 11.1 Å². The highest BCUT2D eigenvalue weighted by atomic mass is 19.1. The lowest BCUT2D eigenvalue weighted by Gasteiger charge is -2.08. The normalized spacial score (nSPS) is 10.9. The SMILES string of the molecule is CCCCc1ccc(-c2ccc(CCc3ccc(CC)cc3)cc2)c(F)c1. The second-order valence-electron chi connectivity index (χ2n) is 7.28. The molecule has 0 radical (unpaired) electrons. The van der Waals surface area contributed by atoms with Gasteiger partial charge < -0.3 is 0 Å². The molecule has 27 heavy (non-hydrogen) atoms. The van der Waals surface area contributed by atoms with Gasteiger partial charge in [0.2, 0.25) is 0 Å². The van der Waals surface area contributed by atoms with Crippen molar-refractivity contribution in [1.29, 1.82) is 0 Å². The molecule has 3 aromatic rings. The number of benzene rings is 3. The topological polar surface area (TPSA) is 0 Å². The molecule has 3 aromatic carbocycles. The van der Waals surface area contributed by atoms with Crippen molar-refractivity contribution >= 4 is 0 Å². The molecule has 0 amide bonds. The summed E-state index contributed by atoms with van der Waals surface area (Å²) in [6, 6.07) is 22.9. The molecule has 0 fully saturated rings. The zero-order valence-electron chi connectivity index (χ0n) is 16.5. The summed E-state index contributed by atoms with van der Waals surface area (Å²) in [5.74, 6) is -0.118. The number of hydrogen-bond acceptors (Lipinski definition) is 0. The Morgan fingerprint density at radius 1 is 0.630 bits per heavy atom. The highest BCUT2D eigenvalue weighted by molar-refractivity contribution is 5.64. The summed E-state index contributed by atoms with van der Waals surface area (Å²) in [5.41, 5.74) is 6.76. The second kappa shape index (κ2) is 9.50. The van der Waals surface area contributed by atoms with E-state index >= 15 is 0 Å². The fourth-order valence-electron chi connectivity index (χ4n) is 3.41. The summed E-state index contributed by atoms with van der Waals surface area (Å²) < 4.78 is 14.5. The molecule has 0 heterocycles. The Labute approximate surface area is 163 Å². The Morgan fingerprint density at radius 2 is 1.19 bits per heavy atom. The number of aryl methyl sites for hydroxylation is 4. The van der Waals surface area contributed by atoms with Crippen LogP contribution in [0.4, 0.5) is 4.39 Å². The zero-order chi connectivity index (χ0) is 19.1. The van der Waals surface area contributed by atoms with Crippen molar-refractivity contribution in [2.24, 2.45) is 0 Å². The maximum Gasteiger partial charge on any atom is 0.131 e. The van der Waals surface area contributed by atoms with E-state index in [0.29, 0.717) is 5.56 Å². The summed E-state index contributed by atoms with van der Waals surface area (Å²) in [4.78, 5) is 0. The van der Waals surface area contributed by atoms with Crippen molar-refractivity contribution in [2.75, 3.05) is 0 Å². The highest BCUT2D eigenvalue weighted by Gasteiger charge is 2.07. The maximum atomic E-state index is 14.5. The fraction of sp³-hybridized carbons (Fsp3) is 0.308. The van der Waals surface area contributed by atoms with Gasteiger partial charge in [0, 0.05) is 5.56 Å². The van der Waals surface area contributed by atoms with Gasteiger partial charge in [0.1, 0.15) is 5.82 Å². The van der Waals surface area contributed by atoms with E-state index in [1.54, 1.807) is 6.07 Å². The standard InChI is InChI=1S/C26H29F/c1-3-5-6-23-15-18-25(26(27)19-23)24-16-13-22(14-17-24)12-11-21-9-7-20(4-2)8-10-21/h7-10,13-19H,3-6,11-12H2,1-2H3. The predicted octanol–water partition coefficient (Wildman–Crippen LogP) is 7.18. The van der Waals surface area contributed by atoms with E-state index in [0.717, 1.165) is 49.7 Å². The lowest BCUT2D eigenvalue weighted by Crippen LogP contribution is -1.93. The van der Waals surface area contributed by atoms with Crippen molar-refractivity contribution in [2.45, 2.75) is 52.4 Å². The molecule has 0 spiro atoms. The van der Waals surface area contributed by atoms with Gasteiger partial charge >= 0.3 is 0 Å². The van der Waals surface area contributed by atoms with E-state index in [4.69, 9.17) is 0 Å². The molecule has 3 rings (SSSR count). The van der Waals surface area contributed by atoms with Gasteiger partial charge in [-0.2, -0.15) is 0 Å². The molecule has 1 heteroatoms. The molecular weight excluding hydrogens is 331 g/mol. The third kappa shape index (κ3) is 5.29. The van der Waals surface area contributed by atoms with Crippen LogP contribution in [0.5, 0.6) is 0 Å². The summed E-state index contributed by atoms with van der Waals surface area (Å²) in [6.45, 7) is 4.34. The van der Waals surface area contributed by atoms with Gasteiger partial charge in [0.25, 0.3) is 0 Å². The van der Waals surface area contributed by atoms with Gasteiger partial charge in [0.15, 0.2) is 0 Å². The average molecular weight is 361 g/mol. The Bertz CT molecular complexity index is 844. The van der Waals surface area contributed by atoms with Gasteiger partial charge in [-0.05, 0) is 66.0 Å². The van der Waals surface area contributed by atoms with Gasteiger partial charge in [-0.15, -0.1) is 0 Å². The molecule has 0 nitrogen and oxygen atoms in total. The first-order valence-corrected chi connectivity index (χ1v) is 10.1. The van der Waals surface area contributed by atoms with E-state index in [1.165, 1.54) is 16.7 Å². The van der Waals surface area contributed by atoms with Gasteiger partial charge in [0.05, 0.1) is 0 Å². The van der Waals surface area contributed by atoms with Crippen LogP contribution in [0, 0.1) is 5.82 Å². The lowest BCUT2D eigenvalue weighted by atomic mass is 9.98. The summed E-state index contributed by atoms with van der Waals surface area (Å²) >= 11 is 0. The first kappa shape index (κ1) is 19.4. The second-order valence-corrected chi connectivity index (χ2v) is 7.28. The van der Waals surface area contributed by atoms with E-state index in [9.17, 15) is 4.39 Å². The monoisotopic (exact) mass is 360 g/mol. The molecule has 0 saturated heterocycles. The number of hydrogen-bond donors (Lipinski definition) is 0. The fourth-order valence-corrected chi connectivity index (χ4v) is 3.41. The Hall–Kier alpha value is -2.41. The van der Waals surface area contributed by atoms with Crippen LogP contribution in [0.1, 0.15) is 48.9 Å². The molecule has 0 saturated carbocycles. The predicted molar refractivity (Wildman–Crippen MR) is 114 cm³/mol. The molecule has 0 unspecified atom stereocenters. The van der Waals surface area contributed by atoms with Crippen molar-refractivity contribution < 1.29 is 4.39 Å². The van der Waals surface area contributed by atoms with E-state index in [2.05, 4.69) is 56.3 Å². The van der Waals surface area contributed by atoms with Crippen LogP contribution in [0.25, 0.3) is 11.1 Å². The Balaban J connectivity index is 1.64. The molecule has 140 valence electrons. The quantitative estimate of drug-likeness (QED) is 0.399. The van der Waals surface area contributed by atoms with Crippen LogP contribution in [0.2, 0.25) is 0 Å². The number of rotatable bonds is 8. The molecule has 0 bridgehead atoms.